The summed E-state index contributed by atoms with van der Waals surface area (Å²) in [6, 6.07) is 2.96. The number of halogens is 2. The topological polar surface area (TPSA) is 61.4 Å². The highest BCUT2D eigenvalue weighted by Gasteiger charge is 2.23. The van der Waals surface area contributed by atoms with Gasteiger partial charge in [0, 0.05) is 38.3 Å². The highest BCUT2D eigenvalue weighted by Crippen LogP contribution is 2.09. The van der Waals surface area contributed by atoms with Crippen LogP contribution in [0.4, 0.5) is 8.78 Å². The number of carbonyl (C=O) groups excluding carboxylic acids is 2. The maximum atomic E-state index is 13.4. The number of nitrogens with one attached hydrogen (secondary N) is 2. The van der Waals surface area contributed by atoms with Gasteiger partial charge in [-0.25, -0.2) is 8.78 Å². The lowest BCUT2D eigenvalue weighted by Gasteiger charge is -2.26. The van der Waals surface area contributed by atoms with Crippen LogP contribution in [0.5, 0.6) is 0 Å². The molecule has 5 nitrogen and oxygen atoms in total. The molecule has 1 heterocycles. The second-order valence-corrected chi connectivity index (χ2v) is 4.46. The SMILES string of the molecule is O=C(NCc1cc(F)ccc1F)C(=O)N1CCNCC1. The lowest BCUT2D eigenvalue weighted by molar-refractivity contribution is -0.146. The van der Waals surface area contributed by atoms with Crippen molar-refractivity contribution in [2.45, 2.75) is 6.54 Å². The quantitative estimate of drug-likeness (QED) is 0.752. The number of nitrogens with zero attached hydrogens (tertiary/aromatic N) is 1. The van der Waals surface area contributed by atoms with E-state index in [2.05, 4.69) is 10.6 Å². The molecule has 7 heteroatoms. The van der Waals surface area contributed by atoms with E-state index in [1.54, 1.807) is 0 Å². The molecule has 1 aliphatic heterocycles. The molecule has 2 rings (SSSR count). The van der Waals surface area contributed by atoms with Gasteiger partial charge in [0.15, 0.2) is 0 Å². The fourth-order valence-electron chi connectivity index (χ4n) is 1.94. The Morgan fingerprint density at radius 3 is 2.65 bits per heavy atom. The molecule has 0 spiro atoms. The number of amides is 2. The molecule has 1 fully saturated rings. The maximum absolute atomic E-state index is 13.4. The van der Waals surface area contributed by atoms with Gasteiger partial charge in [-0.1, -0.05) is 0 Å². The van der Waals surface area contributed by atoms with E-state index in [-0.39, 0.29) is 12.1 Å². The molecule has 0 saturated carbocycles. The van der Waals surface area contributed by atoms with Crippen LogP contribution in [0, 0.1) is 11.6 Å². The fourth-order valence-corrected chi connectivity index (χ4v) is 1.94. The molecule has 1 saturated heterocycles. The summed E-state index contributed by atoms with van der Waals surface area (Å²) in [5, 5.41) is 5.37. The van der Waals surface area contributed by atoms with Crippen LogP contribution < -0.4 is 10.6 Å². The Hall–Kier alpha value is -2.02. The largest absolute Gasteiger partial charge is 0.344 e. The van der Waals surface area contributed by atoms with Gasteiger partial charge in [-0.05, 0) is 18.2 Å². The predicted molar refractivity (Wildman–Crippen MR) is 67.7 cm³/mol. The fraction of sp³-hybridized carbons (Fsp3) is 0.385. The van der Waals surface area contributed by atoms with Crippen molar-refractivity contribution in [3.63, 3.8) is 0 Å². The molecule has 1 aromatic rings. The van der Waals surface area contributed by atoms with Crippen LogP contribution in [0.1, 0.15) is 5.56 Å². The van der Waals surface area contributed by atoms with E-state index in [0.717, 1.165) is 18.2 Å². The van der Waals surface area contributed by atoms with E-state index in [0.29, 0.717) is 26.2 Å². The molecule has 0 radical (unpaired) electrons. The van der Waals surface area contributed by atoms with Crippen molar-refractivity contribution in [3.05, 3.63) is 35.4 Å². The molecule has 20 heavy (non-hydrogen) atoms. The molecule has 0 unspecified atom stereocenters. The first-order chi connectivity index (χ1) is 9.58. The van der Waals surface area contributed by atoms with Gasteiger partial charge in [0.05, 0.1) is 0 Å². The monoisotopic (exact) mass is 283 g/mol. The molecule has 0 aromatic heterocycles. The number of piperazine rings is 1. The van der Waals surface area contributed by atoms with Crippen LogP contribution in [0.25, 0.3) is 0 Å². The molecule has 108 valence electrons. The smallest absolute Gasteiger partial charge is 0.311 e. The first kappa shape index (κ1) is 14.4. The number of carbonyl (C=O) groups is 2. The second-order valence-electron chi connectivity index (χ2n) is 4.46. The van der Waals surface area contributed by atoms with Crippen LogP contribution in [-0.4, -0.2) is 42.9 Å². The number of rotatable bonds is 2. The summed E-state index contributed by atoms with van der Waals surface area (Å²) < 4.78 is 26.3. The van der Waals surface area contributed by atoms with Gasteiger partial charge in [-0.15, -0.1) is 0 Å². The van der Waals surface area contributed by atoms with Gasteiger partial charge in [0.25, 0.3) is 0 Å². The van der Waals surface area contributed by atoms with Crippen LogP contribution in [-0.2, 0) is 16.1 Å². The zero-order valence-electron chi connectivity index (χ0n) is 10.8. The Labute approximate surface area is 114 Å². The number of hydrogen-bond donors (Lipinski definition) is 2. The summed E-state index contributed by atoms with van der Waals surface area (Å²) in [5.74, 6) is -2.68. The van der Waals surface area contributed by atoms with Gasteiger partial charge < -0.3 is 15.5 Å². The van der Waals surface area contributed by atoms with Gasteiger partial charge in [0.1, 0.15) is 11.6 Å². The van der Waals surface area contributed by atoms with Crippen LogP contribution >= 0.6 is 0 Å². The van der Waals surface area contributed by atoms with Crippen LogP contribution in [0.15, 0.2) is 18.2 Å². The molecular formula is C13H15F2N3O2. The van der Waals surface area contributed by atoms with Crippen molar-refractivity contribution in [1.29, 1.82) is 0 Å². The van der Waals surface area contributed by atoms with Gasteiger partial charge in [-0.3, -0.25) is 9.59 Å². The summed E-state index contributed by atoms with van der Waals surface area (Å²) in [5.41, 5.74) is 0.00598. The molecule has 1 aliphatic rings. The third-order valence-corrected chi connectivity index (χ3v) is 3.05. The average molecular weight is 283 g/mol. The van der Waals surface area contributed by atoms with Crippen LogP contribution in [0.3, 0.4) is 0 Å². The summed E-state index contributed by atoms with van der Waals surface area (Å²) in [7, 11) is 0. The van der Waals surface area contributed by atoms with E-state index in [1.165, 1.54) is 4.90 Å². The zero-order chi connectivity index (χ0) is 14.5. The van der Waals surface area contributed by atoms with Crippen molar-refractivity contribution in [1.82, 2.24) is 15.5 Å². The van der Waals surface area contributed by atoms with Crippen molar-refractivity contribution in [2.75, 3.05) is 26.2 Å². The maximum Gasteiger partial charge on any atom is 0.311 e. The molecule has 1 aromatic carbocycles. The second kappa shape index (κ2) is 6.42. The Morgan fingerprint density at radius 1 is 1.25 bits per heavy atom. The van der Waals surface area contributed by atoms with Gasteiger partial charge in [0.2, 0.25) is 0 Å². The minimum atomic E-state index is -0.810. The number of benzene rings is 1. The molecule has 2 amide bonds. The molecule has 0 bridgehead atoms. The van der Waals surface area contributed by atoms with E-state index < -0.39 is 23.4 Å². The minimum Gasteiger partial charge on any atom is -0.344 e. The lowest BCUT2D eigenvalue weighted by atomic mass is 10.2. The highest BCUT2D eigenvalue weighted by molar-refractivity contribution is 6.34. The zero-order valence-corrected chi connectivity index (χ0v) is 10.8. The van der Waals surface area contributed by atoms with E-state index in [1.807, 2.05) is 0 Å². The van der Waals surface area contributed by atoms with Gasteiger partial charge in [-0.2, -0.15) is 0 Å². The third-order valence-electron chi connectivity index (χ3n) is 3.05. The highest BCUT2D eigenvalue weighted by atomic mass is 19.1. The normalized spacial score (nSPS) is 15.0. The van der Waals surface area contributed by atoms with Crippen molar-refractivity contribution in [3.8, 4) is 0 Å². The molecule has 2 N–H and O–H groups in total. The molecular weight excluding hydrogens is 268 g/mol. The van der Waals surface area contributed by atoms with Crippen molar-refractivity contribution < 1.29 is 18.4 Å². The van der Waals surface area contributed by atoms with E-state index >= 15 is 0 Å². The van der Waals surface area contributed by atoms with Crippen molar-refractivity contribution in [2.24, 2.45) is 0 Å². The Balaban J connectivity index is 1.91. The third kappa shape index (κ3) is 3.51. The first-order valence-electron chi connectivity index (χ1n) is 6.29. The Bertz CT molecular complexity index is 516. The lowest BCUT2D eigenvalue weighted by Crippen LogP contribution is -2.51. The minimum absolute atomic E-state index is 0.00598. The van der Waals surface area contributed by atoms with Gasteiger partial charge >= 0.3 is 11.8 Å². The first-order valence-corrected chi connectivity index (χ1v) is 6.29. The summed E-state index contributed by atoms with van der Waals surface area (Å²) in [6.07, 6.45) is 0. The van der Waals surface area contributed by atoms with Crippen molar-refractivity contribution >= 4 is 11.8 Å². The summed E-state index contributed by atoms with van der Waals surface area (Å²) in [6.45, 7) is 1.97. The summed E-state index contributed by atoms with van der Waals surface area (Å²) >= 11 is 0. The number of hydrogen-bond acceptors (Lipinski definition) is 3. The average Bonchev–Trinajstić information content (AvgIpc) is 2.48. The summed E-state index contributed by atoms with van der Waals surface area (Å²) in [4.78, 5) is 24.9. The molecule has 0 atom stereocenters. The predicted octanol–water partition coefficient (Wildman–Crippen LogP) is 0.0128. The Kier molecular flexibility index (Phi) is 4.62. The van der Waals surface area contributed by atoms with E-state index in [4.69, 9.17) is 0 Å². The Morgan fingerprint density at radius 2 is 1.95 bits per heavy atom. The molecule has 0 aliphatic carbocycles. The van der Waals surface area contributed by atoms with E-state index in [9.17, 15) is 18.4 Å². The standard InChI is InChI=1S/C13H15F2N3O2/c14-10-1-2-11(15)9(7-10)8-17-12(19)13(20)18-5-3-16-4-6-18/h1-2,7,16H,3-6,8H2,(H,17,19). The van der Waals surface area contributed by atoms with Crippen LogP contribution in [0.2, 0.25) is 0 Å².